The van der Waals surface area contributed by atoms with Gasteiger partial charge in [0.1, 0.15) is 0 Å². The smallest absolute Gasteiger partial charge is 0.234 e. The first-order valence-electron chi connectivity index (χ1n) is 6.88. The second-order valence-corrected chi connectivity index (χ2v) is 4.83. The van der Waals surface area contributed by atoms with Gasteiger partial charge in [-0.3, -0.25) is 14.5 Å². The van der Waals surface area contributed by atoms with Crippen molar-refractivity contribution >= 4 is 11.8 Å². The van der Waals surface area contributed by atoms with E-state index in [1.807, 2.05) is 0 Å². The summed E-state index contributed by atoms with van der Waals surface area (Å²) in [5.74, 6) is -0.0118. The van der Waals surface area contributed by atoms with Gasteiger partial charge in [0.15, 0.2) is 0 Å². The molecular weight excluding hydrogens is 237 g/mol. The molecule has 1 aliphatic rings. The molecule has 2 amide bonds. The van der Waals surface area contributed by atoms with E-state index in [1.54, 1.807) is 7.05 Å². The number of rotatable bonds is 7. The maximum atomic E-state index is 11.7. The highest BCUT2D eigenvalue weighted by Gasteiger charge is 2.25. The van der Waals surface area contributed by atoms with Gasteiger partial charge in [0.2, 0.25) is 11.8 Å². The number of amides is 2. The summed E-state index contributed by atoms with van der Waals surface area (Å²) in [6.45, 7) is 4.09. The van der Waals surface area contributed by atoms with Gasteiger partial charge in [-0.2, -0.15) is 0 Å². The van der Waals surface area contributed by atoms with Gasteiger partial charge >= 0.3 is 0 Å². The fourth-order valence-electron chi connectivity index (χ4n) is 2.44. The summed E-state index contributed by atoms with van der Waals surface area (Å²) in [4.78, 5) is 25.0. The Kier molecular flexibility index (Phi) is 6.72. The molecule has 1 heterocycles. The van der Waals surface area contributed by atoms with E-state index >= 15 is 0 Å². The molecule has 0 spiro atoms. The summed E-state index contributed by atoms with van der Waals surface area (Å²) in [6.07, 6.45) is 5.08. The van der Waals surface area contributed by atoms with Crippen LogP contribution in [0.4, 0.5) is 0 Å². The Balaban J connectivity index is 2.20. The lowest BCUT2D eigenvalue weighted by Crippen LogP contribution is -2.40. The van der Waals surface area contributed by atoms with Crippen LogP contribution in [0.2, 0.25) is 0 Å². The maximum Gasteiger partial charge on any atom is 0.234 e. The molecule has 1 aliphatic heterocycles. The quantitative estimate of drug-likeness (QED) is 0.519. The normalized spacial score (nSPS) is 19.8. The van der Waals surface area contributed by atoms with Crippen LogP contribution in [0.1, 0.15) is 39.0 Å². The summed E-state index contributed by atoms with van der Waals surface area (Å²) in [7, 11) is 1.60. The molecule has 0 aromatic carbocycles. The third-order valence-electron chi connectivity index (χ3n) is 3.42. The van der Waals surface area contributed by atoms with Gasteiger partial charge in [0, 0.05) is 26.1 Å². The number of hydrogen-bond donors (Lipinski definition) is 2. The number of likely N-dealkylation sites (tertiary alicyclic amines) is 1. The van der Waals surface area contributed by atoms with E-state index in [0.717, 1.165) is 6.54 Å². The number of nitrogens with zero attached hydrogens (tertiary/aromatic N) is 1. The summed E-state index contributed by atoms with van der Waals surface area (Å²) in [5, 5.41) is 5.33. The van der Waals surface area contributed by atoms with Crippen LogP contribution in [-0.4, -0.2) is 49.4 Å². The summed E-state index contributed by atoms with van der Waals surface area (Å²) < 4.78 is 0. The van der Waals surface area contributed by atoms with E-state index in [0.29, 0.717) is 25.6 Å². The fourth-order valence-corrected chi connectivity index (χ4v) is 2.44. The van der Waals surface area contributed by atoms with Gasteiger partial charge in [-0.1, -0.05) is 13.3 Å². The van der Waals surface area contributed by atoms with Crippen molar-refractivity contribution in [3.05, 3.63) is 0 Å². The predicted molar refractivity (Wildman–Crippen MR) is 71.2 cm³/mol. The molecule has 0 aromatic heterocycles. The van der Waals surface area contributed by atoms with E-state index in [9.17, 15) is 9.59 Å². The van der Waals surface area contributed by atoms with Crippen molar-refractivity contribution in [3.8, 4) is 0 Å². The van der Waals surface area contributed by atoms with Crippen LogP contribution in [0.15, 0.2) is 0 Å². The zero-order valence-electron chi connectivity index (χ0n) is 11.5. The molecule has 5 heteroatoms. The zero-order valence-corrected chi connectivity index (χ0v) is 11.5. The molecule has 5 nitrogen and oxygen atoms in total. The molecule has 1 unspecified atom stereocenters. The van der Waals surface area contributed by atoms with Crippen LogP contribution in [0, 0.1) is 0 Å². The minimum absolute atomic E-state index is 0.0295. The lowest BCUT2D eigenvalue weighted by Gasteiger charge is -2.23. The van der Waals surface area contributed by atoms with Gasteiger partial charge in [-0.05, 0) is 25.8 Å². The van der Waals surface area contributed by atoms with Gasteiger partial charge in [0.05, 0.1) is 6.54 Å². The highest BCUT2D eigenvalue weighted by molar-refractivity contribution is 5.80. The molecule has 2 N–H and O–H groups in total. The second kappa shape index (κ2) is 8.08. The number of nitrogens with one attached hydrogen (secondary N) is 2. The van der Waals surface area contributed by atoms with E-state index in [2.05, 4.69) is 22.5 Å². The molecule has 0 saturated carbocycles. The van der Waals surface area contributed by atoms with Crippen LogP contribution >= 0.6 is 0 Å². The molecule has 1 atom stereocenters. The molecule has 18 heavy (non-hydrogen) atoms. The van der Waals surface area contributed by atoms with Crippen molar-refractivity contribution in [1.82, 2.24) is 15.5 Å². The number of carbonyl (C=O) groups is 2. The third kappa shape index (κ3) is 5.04. The molecule has 0 radical (unpaired) electrons. The summed E-state index contributed by atoms with van der Waals surface area (Å²) in [6, 6.07) is 0.569. The van der Waals surface area contributed by atoms with E-state index in [-0.39, 0.29) is 11.8 Å². The van der Waals surface area contributed by atoms with Crippen molar-refractivity contribution < 1.29 is 9.59 Å². The van der Waals surface area contributed by atoms with Crippen LogP contribution in [-0.2, 0) is 9.59 Å². The van der Waals surface area contributed by atoms with Crippen molar-refractivity contribution in [1.29, 1.82) is 0 Å². The molecule has 104 valence electrons. The largest absolute Gasteiger partial charge is 0.359 e. The Morgan fingerprint density at radius 1 is 1.33 bits per heavy atom. The van der Waals surface area contributed by atoms with Crippen molar-refractivity contribution in [2.75, 3.05) is 26.7 Å². The van der Waals surface area contributed by atoms with Crippen molar-refractivity contribution in [3.63, 3.8) is 0 Å². The second-order valence-electron chi connectivity index (χ2n) is 4.83. The van der Waals surface area contributed by atoms with Gasteiger partial charge in [-0.25, -0.2) is 0 Å². The standard InChI is InChI=1S/C13H25N3O2/c1-3-5-11-6-4-9-16(11)10-13(18)15-8-7-12(17)14-2/h11H,3-10H2,1-2H3,(H,14,17)(H,15,18)/i1+1,2+1,3+1,5+1,10+1,14+1,16+1. The van der Waals surface area contributed by atoms with Crippen LogP contribution < -0.4 is 10.6 Å². The minimum atomic E-state index is -0.0414. The number of hydrogen-bond acceptors (Lipinski definition) is 3. The SMILES string of the molecule is [13CH3][13CH2][13CH2]C1CCC[15N]1[13CH2]C(=O)NCCC(=O)[15NH][13CH3]. The van der Waals surface area contributed by atoms with Crippen LogP contribution in [0.5, 0.6) is 0 Å². The van der Waals surface area contributed by atoms with Gasteiger partial charge in [-0.15, -0.1) is 0 Å². The molecule has 0 aliphatic carbocycles. The first-order valence-corrected chi connectivity index (χ1v) is 6.88. The van der Waals surface area contributed by atoms with Crippen LogP contribution in [0.25, 0.3) is 0 Å². The topological polar surface area (TPSA) is 61.4 Å². The van der Waals surface area contributed by atoms with Crippen LogP contribution in [0.3, 0.4) is 0 Å². The Morgan fingerprint density at radius 3 is 2.78 bits per heavy atom. The lowest BCUT2D eigenvalue weighted by molar-refractivity contribution is -0.123. The Morgan fingerprint density at radius 2 is 2.11 bits per heavy atom. The monoisotopic (exact) mass is 262 g/mol. The molecule has 1 saturated heterocycles. The van der Waals surface area contributed by atoms with Crippen molar-refractivity contribution in [2.45, 2.75) is 45.1 Å². The predicted octanol–water partition coefficient (Wildman–Crippen LogP) is 0.503. The molecular formula is C13H25N3O2. The van der Waals surface area contributed by atoms with Gasteiger partial charge in [0.25, 0.3) is 0 Å². The van der Waals surface area contributed by atoms with Crippen molar-refractivity contribution in [2.24, 2.45) is 0 Å². The first kappa shape index (κ1) is 15.0. The average molecular weight is 262 g/mol. The average Bonchev–Trinajstić information content (AvgIpc) is 2.77. The number of carbonyl (C=O) groups excluding carboxylic acids is 2. The Bertz CT molecular complexity index is 281. The maximum absolute atomic E-state index is 11.7. The first-order chi connectivity index (χ1) is 8.67. The highest BCUT2D eigenvalue weighted by Crippen LogP contribution is 2.20. The van der Waals surface area contributed by atoms with E-state index in [4.69, 9.17) is 0 Å². The molecule has 1 rings (SSSR count). The molecule has 1 fully saturated rings. The Hall–Kier alpha value is -1.10. The highest BCUT2D eigenvalue weighted by atomic mass is 16.2. The lowest BCUT2D eigenvalue weighted by atomic mass is 10.3. The summed E-state index contributed by atoms with van der Waals surface area (Å²) >= 11 is 0. The Labute approximate surface area is 109 Å². The van der Waals surface area contributed by atoms with Gasteiger partial charge < -0.3 is 10.6 Å². The summed E-state index contributed by atoms with van der Waals surface area (Å²) in [5.41, 5.74) is 0. The fraction of sp³-hybridized carbons (Fsp3) is 0.846. The van der Waals surface area contributed by atoms with E-state index in [1.165, 1.54) is 25.7 Å². The van der Waals surface area contributed by atoms with E-state index < -0.39 is 0 Å². The minimum Gasteiger partial charge on any atom is -0.359 e. The zero-order chi connectivity index (χ0) is 13.4. The molecule has 0 bridgehead atoms. The third-order valence-corrected chi connectivity index (χ3v) is 3.42. The molecule has 0 aromatic rings.